The second-order valence-corrected chi connectivity index (χ2v) is 5.94. The summed E-state index contributed by atoms with van der Waals surface area (Å²) in [6.45, 7) is 4.23. The number of halogens is 2. The monoisotopic (exact) mass is 289 g/mol. The molecular weight excluding hydrogens is 273 g/mol. The Morgan fingerprint density at radius 2 is 2.20 bits per heavy atom. The first-order chi connectivity index (χ1) is 7.08. The maximum absolute atomic E-state index is 5.93. The van der Waals surface area contributed by atoms with Gasteiger partial charge in [0.2, 0.25) is 0 Å². The van der Waals surface area contributed by atoms with Gasteiger partial charge in [-0.15, -0.1) is 0 Å². The van der Waals surface area contributed by atoms with Crippen LogP contribution in [0.2, 0.25) is 5.02 Å². The van der Waals surface area contributed by atoms with Crippen LogP contribution in [-0.4, -0.2) is 23.3 Å². The van der Waals surface area contributed by atoms with Crippen molar-refractivity contribution >= 4 is 27.5 Å². The van der Waals surface area contributed by atoms with Crippen LogP contribution in [0.5, 0.6) is 0 Å². The zero-order valence-electron chi connectivity index (χ0n) is 9.21. The fourth-order valence-electron chi connectivity index (χ4n) is 1.42. The number of alkyl halides is 1. The third-order valence-electron chi connectivity index (χ3n) is 2.25. The zero-order valence-corrected chi connectivity index (χ0v) is 11.6. The Balaban J connectivity index is 2.40. The van der Waals surface area contributed by atoms with Crippen LogP contribution in [0.25, 0.3) is 0 Å². The van der Waals surface area contributed by atoms with Crippen molar-refractivity contribution in [2.24, 2.45) is 0 Å². The number of benzene rings is 1. The van der Waals surface area contributed by atoms with Gasteiger partial charge in [0.1, 0.15) is 0 Å². The van der Waals surface area contributed by atoms with E-state index in [2.05, 4.69) is 40.9 Å². The minimum Gasteiger partial charge on any atom is -0.302 e. The minimum atomic E-state index is 0.583. The van der Waals surface area contributed by atoms with Crippen molar-refractivity contribution < 1.29 is 0 Å². The topological polar surface area (TPSA) is 3.24 Å². The molecule has 1 aromatic rings. The van der Waals surface area contributed by atoms with Crippen molar-refractivity contribution in [2.45, 2.75) is 24.7 Å². The SMILES string of the molecule is CC(Br)CCN(C)Cc1cccc(Cl)c1. The Kier molecular flexibility index (Phi) is 5.65. The summed E-state index contributed by atoms with van der Waals surface area (Å²) in [5.41, 5.74) is 1.27. The highest BCUT2D eigenvalue weighted by Crippen LogP contribution is 2.12. The van der Waals surface area contributed by atoms with Crippen LogP contribution in [0.4, 0.5) is 0 Å². The average Bonchev–Trinajstić information content (AvgIpc) is 2.15. The molecule has 3 heteroatoms. The molecule has 0 aromatic heterocycles. The first kappa shape index (κ1) is 13.0. The summed E-state index contributed by atoms with van der Waals surface area (Å²) >= 11 is 9.48. The van der Waals surface area contributed by atoms with Crippen LogP contribution < -0.4 is 0 Å². The van der Waals surface area contributed by atoms with Gasteiger partial charge in [0.15, 0.2) is 0 Å². The van der Waals surface area contributed by atoms with Gasteiger partial charge in [0, 0.05) is 16.4 Å². The Morgan fingerprint density at radius 1 is 1.47 bits per heavy atom. The van der Waals surface area contributed by atoms with Gasteiger partial charge in [-0.1, -0.05) is 46.6 Å². The van der Waals surface area contributed by atoms with Crippen LogP contribution in [-0.2, 0) is 6.54 Å². The van der Waals surface area contributed by atoms with Crippen molar-refractivity contribution in [1.82, 2.24) is 4.90 Å². The van der Waals surface area contributed by atoms with Crippen molar-refractivity contribution in [2.75, 3.05) is 13.6 Å². The van der Waals surface area contributed by atoms with E-state index >= 15 is 0 Å². The van der Waals surface area contributed by atoms with E-state index in [4.69, 9.17) is 11.6 Å². The second-order valence-electron chi connectivity index (χ2n) is 3.94. The first-order valence-corrected chi connectivity index (χ1v) is 6.44. The largest absolute Gasteiger partial charge is 0.302 e. The summed E-state index contributed by atoms with van der Waals surface area (Å²) in [6.07, 6.45) is 1.16. The smallest absolute Gasteiger partial charge is 0.0409 e. The van der Waals surface area contributed by atoms with Gasteiger partial charge in [0.25, 0.3) is 0 Å². The van der Waals surface area contributed by atoms with Gasteiger partial charge < -0.3 is 4.90 Å². The van der Waals surface area contributed by atoms with E-state index in [1.165, 1.54) is 5.56 Å². The summed E-state index contributed by atoms with van der Waals surface area (Å²) in [5.74, 6) is 0. The Hall–Kier alpha value is -0.0500. The van der Waals surface area contributed by atoms with Crippen molar-refractivity contribution in [3.8, 4) is 0 Å². The van der Waals surface area contributed by atoms with E-state index in [1.807, 2.05) is 18.2 Å². The predicted molar refractivity (Wildman–Crippen MR) is 70.8 cm³/mol. The normalized spacial score (nSPS) is 13.1. The molecule has 1 aromatic carbocycles. The lowest BCUT2D eigenvalue weighted by Gasteiger charge is -2.17. The molecule has 0 heterocycles. The van der Waals surface area contributed by atoms with Crippen LogP contribution in [0.1, 0.15) is 18.9 Å². The fraction of sp³-hybridized carbons (Fsp3) is 0.500. The van der Waals surface area contributed by atoms with Gasteiger partial charge in [0.05, 0.1) is 0 Å². The molecule has 0 spiro atoms. The van der Waals surface area contributed by atoms with E-state index < -0.39 is 0 Å². The lowest BCUT2D eigenvalue weighted by Crippen LogP contribution is -2.20. The van der Waals surface area contributed by atoms with Crippen LogP contribution in [0, 0.1) is 0 Å². The van der Waals surface area contributed by atoms with E-state index in [1.54, 1.807) is 0 Å². The zero-order chi connectivity index (χ0) is 11.3. The minimum absolute atomic E-state index is 0.583. The van der Waals surface area contributed by atoms with E-state index in [0.717, 1.165) is 24.5 Å². The van der Waals surface area contributed by atoms with Gasteiger partial charge in [-0.3, -0.25) is 0 Å². The molecule has 0 aliphatic rings. The standard InChI is InChI=1S/C12H17BrClN/c1-10(13)6-7-15(2)9-11-4-3-5-12(14)8-11/h3-5,8,10H,6-7,9H2,1-2H3. The van der Waals surface area contributed by atoms with Crippen molar-refractivity contribution in [3.05, 3.63) is 34.9 Å². The third-order valence-corrected chi connectivity index (χ3v) is 2.94. The Morgan fingerprint density at radius 3 is 2.80 bits per heavy atom. The van der Waals surface area contributed by atoms with Gasteiger partial charge in [-0.05, 0) is 37.7 Å². The van der Waals surface area contributed by atoms with E-state index in [-0.39, 0.29) is 0 Å². The molecule has 0 amide bonds. The molecule has 0 fully saturated rings. The Bertz CT molecular complexity index is 301. The van der Waals surface area contributed by atoms with Crippen LogP contribution in [0.15, 0.2) is 24.3 Å². The highest BCUT2D eigenvalue weighted by molar-refractivity contribution is 9.09. The molecule has 0 aliphatic heterocycles. The van der Waals surface area contributed by atoms with Gasteiger partial charge >= 0.3 is 0 Å². The quantitative estimate of drug-likeness (QED) is 0.742. The van der Waals surface area contributed by atoms with E-state index in [0.29, 0.717) is 4.83 Å². The number of hydrogen-bond acceptors (Lipinski definition) is 1. The molecule has 0 aliphatic carbocycles. The first-order valence-electron chi connectivity index (χ1n) is 5.15. The lowest BCUT2D eigenvalue weighted by molar-refractivity contribution is 0.323. The summed E-state index contributed by atoms with van der Waals surface area (Å²) in [7, 11) is 2.14. The molecule has 1 nitrogen and oxygen atoms in total. The molecule has 1 atom stereocenters. The van der Waals surface area contributed by atoms with E-state index in [9.17, 15) is 0 Å². The molecule has 1 unspecified atom stereocenters. The lowest BCUT2D eigenvalue weighted by atomic mass is 10.2. The maximum Gasteiger partial charge on any atom is 0.0409 e. The van der Waals surface area contributed by atoms with Gasteiger partial charge in [-0.2, -0.15) is 0 Å². The van der Waals surface area contributed by atoms with Crippen molar-refractivity contribution in [1.29, 1.82) is 0 Å². The van der Waals surface area contributed by atoms with Crippen LogP contribution >= 0.6 is 27.5 Å². The highest BCUT2D eigenvalue weighted by Gasteiger charge is 2.02. The molecule has 1 rings (SSSR count). The predicted octanol–water partition coefficient (Wildman–Crippen LogP) is 3.95. The average molecular weight is 291 g/mol. The summed E-state index contributed by atoms with van der Waals surface area (Å²) in [6, 6.07) is 8.04. The number of nitrogens with zero attached hydrogens (tertiary/aromatic N) is 1. The maximum atomic E-state index is 5.93. The fourth-order valence-corrected chi connectivity index (χ4v) is 1.84. The highest BCUT2D eigenvalue weighted by atomic mass is 79.9. The molecular formula is C12H17BrClN. The molecule has 0 saturated carbocycles. The second kappa shape index (κ2) is 6.51. The number of rotatable bonds is 5. The van der Waals surface area contributed by atoms with Gasteiger partial charge in [-0.25, -0.2) is 0 Å². The molecule has 0 saturated heterocycles. The van der Waals surface area contributed by atoms with Crippen molar-refractivity contribution in [3.63, 3.8) is 0 Å². The summed E-state index contributed by atoms with van der Waals surface area (Å²) in [5, 5.41) is 0.815. The summed E-state index contributed by atoms with van der Waals surface area (Å²) < 4.78 is 0. The Labute approximate surface area is 106 Å². The molecule has 15 heavy (non-hydrogen) atoms. The molecule has 84 valence electrons. The van der Waals surface area contributed by atoms with Crippen LogP contribution in [0.3, 0.4) is 0 Å². The molecule has 0 N–H and O–H groups in total. The summed E-state index contributed by atoms with van der Waals surface area (Å²) in [4.78, 5) is 2.89. The third kappa shape index (κ3) is 5.55. The molecule has 0 bridgehead atoms. The number of hydrogen-bond donors (Lipinski definition) is 0. The molecule has 0 radical (unpaired) electrons.